The maximum absolute atomic E-state index is 11.5. The van der Waals surface area contributed by atoms with E-state index in [9.17, 15) is 9.59 Å². The van der Waals surface area contributed by atoms with E-state index in [2.05, 4.69) is 9.73 Å². The van der Waals surface area contributed by atoms with Crippen LogP contribution in [0.3, 0.4) is 0 Å². The van der Waals surface area contributed by atoms with Gasteiger partial charge in [0.05, 0.1) is 12.7 Å². The predicted molar refractivity (Wildman–Crippen MR) is 68.9 cm³/mol. The third-order valence-corrected chi connectivity index (χ3v) is 3.40. The van der Waals surface area contributed by atoms with Gasteiger partial charge in [-0.1, -0.05) is 30.3 Å². The molecule has 0 bridgehead atoms. The number of rotatable bonds is 3. The van der Waals surface area contributed by atoms with Crippen LogP contribution < -0.4 is 0 Å². The number of nitrogens with zero attached hydrogens (tertiary/aromatic N) is 1. The molecule has 0 atom stereocenters. The second-order valence-electron chi connectivity index (χ2n) is 3.39. The summed E-state index contributed by atoms with van der Waals surface area (Å²) in [4.78, 5) is 26.3. The Hall–Kier alpha value is -2.23. The zero-order valence-corrected chi connectivity index (χ0v) is 10.4. The van der Waals surface area contributed by atoms with Crippen LogP contribution in [0.2, 0.25) is 0 Å². The van der Waals surface area contributed by atoms with Crippen LogP contribution in [0.25, 0.3) is 10.4 Å². The lowest BCUT2D eigenvalue weighted by atomic mass is 10.1. The fourth-order valence-electron chi connectivity index (χ4n) is 1.51. The van der Waals surface area contributed by atoms with E-state index in [0.717, 1.165) is 10.4 Å². The molecule has 4 nitrogen and oxygen atoms in total. The van der Waals surface area contributed by atoms with Gasteiger partial charge in [0.15, 0.2) is 0 Å². The Balaban J connectivity index is 2.52. The monoisotopic (exact) mass is 259 g/mol. The first kappa shape index (κ1) is 12.2. The Morgan fingerprint density at radius 1 is 1.33 bits per heavy atom. The van der Waals surface area contributed by atoms with Crippen LogP contribution in [-0.4, -0.2) is 19.2 Å². The number of hydrogen-bond donors (Lipinski definition) is 0. The molecule has 90 valence electrons. The van der Waals surface area contributed by atoms with Gasteiger partial charge >= 0.3 is 5.97 Å². The van der Waals surface area contributed by atoms with Crippen molar-refractivity contribution < 1.29 is 14.3 Å². The Morgan fingerprint density at radius 3 is 2.67 bits per heavy atom. The standard InChI is InChI=1S/C13H9NO3S/c1-17-13(16)10-7-11(18-12(10)14-8-15)9-5-3-2-4-6-9/h2-7H,1H3. The number of benzene rings is 1. The summed E-state index contributed by atoms with van der Waals surface area (Å²) in [7, 11) is 1.29. The number of methoxy groups -OCH3 is 1. The van der Waals surface area contributed by atoms with Crippen molar-refractivity contribution in [2.24, 2.45) is 4.99 Å². The molecule has 0 unspecified atom stereocenters. The lowest BCUT2D eigenvalue weighted by molar-refractivity contribution is 0.0602. The molecule has 0 fully saturated rings. The second-order valence-corrected chi connectivity index (χ2v) is 4.42. The zero-order chi connectivity index (χ0) is 13.0. The highest BCUT2D eigenvalue weighted by atomic mass is 32.1. The number of isocyanates is 1. The van der Waals surface area contributed by atoms with Crippen molar-refractivity contribution in [2.45, 2.75) is 0 Å². The van der Waals surface area contributed by atoms with Gasteiger partial charge in [-0.2, -0.15) is 4.99 Å². The van der Waals surface area contributed by atoms with Gasteiger partial charge in [-0.15, -0.1) is 11.3 Å². The van der Waals surface area contributed by atoms with Crippen molar-refractivity contribution in [3.8, 4) is 10.4 Å². The number of thiophene rings is 1. The first-order valence-electron chi connectivity index (χ1n) is 5.11. The van der Waals surface area contributed by atoms with Crippen LogP contribution >= 0.6 is 11.3 Å². The summed E-state index contributed by atoms with van der Waals surface area (Å²) in [5, 5.41) is 0.315. The molecule has 2 rings (SSSR count). The minimum absolute atomic E-state index is 0.282. The Morgan fingerprint density at radius 2 is 2.06 bits per heavy atom. The van der Waals surface area contributed by atoms with Crippen LogP contribution in [0.1, 0.15) is 10.4 Å². The molecule has 0 aliphatic rings. The molecule has 0 amide bonds. The highest BCUT2D eigenvalue weighted by Crippen LogP contribution is 2.37. The van der Waals surface area contributed by atoms with Crippen LogP contribution in [0, 0.1) is 0 Å². The van der Waals surface area contributed by atoms with Gasteiger partial charge in [-0.3, -0.25) is 0 Å². The van der Waals surface area contributed by atoms with Gasteiger partial charge in [0.1, 0.15) is 5.00 Å². The van der Waals surface area contributed by atoms with Gasteiger partial charge in [-0.05, 0) is 11.6 Å². The fourth-order valence-corrected chi connectivity index (χ4v) is 2.48. The van der Waals surface area contributed by atoms with Crippen molar-refractivity contribution in [2.75, 3.05) is 7.11 Å². The normalized spacial score (nSPS) is 9.61. The summed E-state index contributed by atoms with van der Waals surface area (Å²) < 4.78 is 4.65. The first-order valence-corrected chi connectivity index (χ1v) is 5.93. The van der Waals surface area contributed by atoms with Crippen molar-refractivity contribution >= 4 is 28.4 Å². The van der Waals surface area contributed by atoms with Gasteiger partial charge in [0, 0.05) is 4.88 Å². The Labute approximate surface area is 108 Å². The SMILES string of the molecule is COC(=O)c1cc(-c2ccccc2)sc1N=C=O. The molecule has 0 aliphatic heterocycles. The minimum atomic E-state index is -0.512. The van der Waals surface area contributed by atoms with E-state index in [-0.39, 0.29) is 5.56 Å². The van der Waals surface area contributed by atoms with Crippen molar-refractivity contribution in [3.63, 3.8) is 0 Å². The van der Waals surface area contributed by atoms with Crippen molar-refractivity contribution in [1.82, 2.24) is 0 Å². The van der Waals surface area contributed by atoms with Crippen LogP contribution in [0.5, 0.6) is 0 Å². The van der Waals surface area contributed by atoms with E-state index >= 15 is 0 Å². The highest BCUT2D eigenvalue weighted by molar-refractivity contribution is 7.19. The lowest BCUT2D eigenvalue weighted by Gasteiger charge is -1.95. The molecule has 0 saturated carbocycles. The predicted octanol–water partition coefficient (Wildman–Crippen LogP) is 3.17. The van der Waals surface area contributed by atoms with Crippen LogP contribution in [0.15, 0.2) is 41.4 Å². The quantitative estimate of drug-likeness (QED) is 0.483. The van der Waals surface area contributed by atoms with E-state index in [1.165, 1.54) is 24.5 Å². The van der Waals surface area contributed by atoms with E-state index in [1.807, 2.05) is 30.3 Å². The summed E-state index contributed by atoms with van der Waals surface area (Å²) in [5.74, 6) is -0.512. The van der Waals surface area contributed by atoms with Crippen LogP contribution in [0.4, 0.5) is 5.00 Å². The Kier molecular flexibility index (Phi) is 3.67. The van der Waals surface area contributed by atoms with E-state index in [0.29, 0.717) is 5.00 Å². The van der Waals surface area contributed by atoms with E-state index < -0.39 is 5.97 Å². The van der Waals surface area contributed by atoms with Gasteiger partial charge in [0.2, 0.25) is 6.08 Å². The average molecular weight is 259 g/mol. The molecule has 2 aromatic rings. The van der Waals surface area contributed by atoms with E-state index in [4.69, 9.17) is 0 Å². The summed E-state index contributed by atoms with van der Waals surface area (Å²) in [6.07, 6.45) is 1.45. The minimum Gasteiger partial charge on any atom is -0.465 e. The maximum Gasteiger partial charge on any atom is 0.341 e. The van der Waals surface area contributed by atoms with Gasteiger partial charge in [-0.25, -0.2) is 9.59 Å². The molecular weight excluding hydrogens is 250 g/mol. The number of hydrogen-bond acceptors (Lipinski definition) is 5. The summed E-state index contributed by atoms with van der Waals surface area (Å²) >= 11 is 1.25. The second kappa shape index (κ2) is 5.40. The molecule has 0 saturated heterocycles. The molecular formula is C13H9NO3S. The summed E-state index contributed by atoms with van der Waals surface area (Å²) in [6.45, 7) is 0. The summed E-state index contributed by atoms with van der Waals surface area (Å²) in [6, 6.07) is 11.2. The summed E-state index contributed by atoms with van der Waals surface area (Å²) in [5.41, 5.74) is 1.24. The molecule has 1 aromatic carbocycles. The molecule has 0 aliphatic carbocycles. The van der Waals surface area contributed by atoms with Gasteiger partial charge in [0.25, 0.3) is 0 Å². The molecule has 1 heterocycles. The first-order chi connectivity index (χ1) is 8.76. The van der Waals surface area contributed by atoms with Crippen LogP contribution in [-0.2, 0) is 9.53 Å². The number of carbonyl (C=O) groups excluding carboxylic acids is 2. The molecule has 0 N–H and O–H groups in total. The smallest absolute Gasteiger partial charge is 0.341 e. The third-order valence-electron chi connectivity index (χ3n) is 2.32. The molecule has 5 heteroatoms. The largest absolute Gasteiger partial charge is 0.465 e. The number of aliphatic imine (C=N–C) groups is 1. The lowest BCUT2D eigenvalue weighted by Crippen LogP contribution is -1.98. The van der Waals surface area contributed by atoms with Crippen molar-refractivity contribution in [3.05, 3.63) is 42.0 Å². The average Bonchev–Trinajstić information content (AvgIpc) is 2.83. The molecule has 0 spiro atoms. The molecule has 18 heavy (non-hydrogen) atoms. The number of carbonyl (C=O) groups is 1. The van der Waals surface area contributed by atoms with Gasteiger partial charge < -0.3 is 4.74 Å². The topological polar surface area (TPSA) is 55.7 Å². The number of ether oxygens (including phenoxy) is 1. The van der Waals surface area contributed by atoms with Crippen molar-refractivity contribution in [1.29, 1.82) is 0 Å². The molecule has 1 aromatic heterocycles. The molecule has 0 radical (unpaired) electrons. The maximum atomic E-state index is 11.5. The Bertz CT molecular complexity index is 612. The fraction of sp³-hybridized carbons (Fsp3) is 0.0769. The zero-order valence-electron chi connectivity index (χ0n) is 9.54. The third kappa shape index (κ3) is 2.37. The number of esters is 1. The highest BCUT2D eigenvalue weighted by Gasteiger charge is 2.17. The van der Waals surface area contributed by atoms with E-state index in [1.54, 1.807) is 6.07 Å².